The molecule has 94 valence electrons. The van der Waals surface area contributed by atoms with Crippen LogP contribution in [0, 0.1) is 0 Å². The van der Waals surface area contributed by atoms with Crippen LogP contribution in [0.2, 0.25) is 0 Å². The predicted octanol–water partition coefficient (Wildman–Crippen LogP) is 3.80. The number of hydrogen-bond donors (Lipinski definition) is 0. The lowest BCUT2D eigenvalue weighted by molar-refractivity contribution is -0.112. The predicted molar refractivity (Wildman–Crippen MR) is 80.1 cm³/mol. The highest BCUT2D eigenvalue weighted by atomic mass is 32.2. The number of amides is 1. The van der Waals surface area contributed by atoms with E-state index in [2.05, 4.69) is 0 Å². The number of rotatable bonds is 2. The Labute approximate surface area is 116 Å². The van der Waals surface area contributed by atoms with Gasteiger partial charge in [0.25, 0.3) is 5.91 Å². The fourth-order valence-corrected chi connectivity index (χ4v) is 2.94. The van der Waals surface area contributed by atoms with Gasteiger partial charge in [0.15, 0.2) is 0 Å². The molecule has 0 aliphatic carbocycles. The van der Waals surface area contributed by atoms with Gasteiger partial charge >= 0.3 is 0 Å². The average Bonchev–Trinajstić information content (AvgIpc) is 2.71. The van der Waals surface area contributed by atoms with Gasteiger partial charge in [0.05, 0.1) is 11.3 Å². The number of hydrogen-bond acceptors (Lipinski definition) is 2. The molecule has 0 spiro atoms. The monoisotopic (exact) mass is 267 g/mol. The zero-order chi connectivity index (χ0) is 13.2. The van der Waals surface area contributed by atoms with Gasteiger partial charge in [-0.25, -0.2) is 0 Å². The van der Waals surface area contributed by atoms with Gasteiger partial charge in [-0.2, -0.15) is 0 Å². The van der Waals surface area contributed by atoms with Crippen LogP contribution in [0.3, 0.4) is 0 Å². The molecule has 1 heterocycles. The smallest absolute Gasteiger partial charge is 0.259 e. The number of para-hydroxylation sites is 1. The topological polar surface area (TPSA) is 20.3 Å². The van der Waals surface area contributed by atoms with Gasteiger partial charge in [0.2, 0.25) is 0 Å². The van der Waals surface area contributed by atoms with Crippen LogP contribution in [-0.4, -0.2) is 13.0 Å². The van der Waals surface area contributed by atoms with Gasteiger partial charge in [-0.05, 0) is 23.6 Å². The lowest BCUT2D eigenvalue weighted by Crippen LogP contribution is -2.20. The minimum Gasteiger partial charge on any atom is -0.311 e. The molecule has 0 unspecified atom stereocenters. The Bertz CT molecular complexity index is 649. The van der Waals surface area contributed by atoms with Crippen LogP contribution < -0.4 is 4.90 Å². The molecule has 0 N–H and O–H groups in total. The van der Waals surface area contributed by atoms with Gasteiger partial charge in [0, 0.05) is 17.5 Å². The van der Waals surface area contributed by atoms with Gasteiger partial charge in [0.1, 0.15) is 0 Å². The molecule has 0 fully saturated rings. The number of fused-ring (bicyclic) bond motifs is 1. The summed E-state index contributed by atoms with van der Waals surface area (Å²) in [5.74, 6) is 0.0598. The van der Waals surface area contributed by atoms with E-state index in [-0.39, 0.29) is 5.91 Å². The number of likely N-dealkylation sites (N-methyl/N-ethyl adjacent to an activating group) is 1. The molecule has 3 heteroatoms. The SMILES string of the molecule is CN1C(=O)/C(=C\Sc2ccccc2)c2ccccc21. The molecule has 1 aliphatic heterocycles. The molecule has 3 rings (SSSR count). The van der Waals surface area contributed by atoms with E-state index in [1.54, 1.807) is 16.7 Å². The number of carbonyl (C=O) groups is 1. The first-order valence-corrected chi connectivity index (χ1v) is 6.94. The van der Waals surface area contributed by atoms with Crippen LogP contribution in [-0.2, 0) is 4.79 Å². The number of nitrogens with zero attached hydrogens (tertiary/aromatic N) is 1. The molecule has 0 saturated heterocycles. The molecule has 0 saturated carbocycles. The maximum Gasteiger partial charge on any atom is 0.259 e. The summed E-state index contributed by atoms with van der Waals surface area (Å²) >= 11 is 1.58. The Morgan fingerprint density at radius 1 is 1.00 bits per heavy atom. The van der Waals surface area contributed by atoms with Crippen LogP contribution in [0.4, 0.5) is 5.69 Å². The van der Waals surface area contributed by atoms with Crippen molar-refractivity contribution in [2.75, 3.05) is 11.9 Å². The lowest BCUT2D eigenvalue weighted by Gasteiger charge is -2.07. The second-order valence-electron chi connectivity index (χ2n) is 4.34. The van der Waals surface area contributed by atoms with Crippen molar-refractivity contribution >= 4 is 28.9 Å². The fraction of sp³-hybridized carbons (Fsp3) is 0.0625. The van der Waals surface area contributed by atoms with Crippen molar-refractivity contribution < 1.29 is 4.79 Å². The third-order valence-corrected chi connectivity index (χ3v) is 4.04. The second kappa shape index (κ2) is 4.94. The zero-order valence-corrected chi connectivity index (χ0v) is 11.4. The summed E-state index contributed by atoms with van der Waals surface area (Å²) in [6.07, 6.45) is 0. The van der Waals surface area contributed by atoms with Crippen LogP contribution >= 0.6 is 11.8 Å². The van der Waals surface area contributed by atoms with E-state index in [1.165, 1.54) is 0 Å². The Morgan fingerprint density at radius 2 is 1.68 bits per heavy atom. The summed E-state index contributed by atoms with van der Waals surface area (Å²) in [6, 6.07) is 17.9. The first kappa shape index (κ1) is 12.1. The maximum absolute atomic E-state index is 12.2. The first-order valence-electron chi connectivity index (χ1n) is 6.07. The van der Waals surface area contributed by atoms with Gasteiger partial charge in [-0.3, -0.25) is 4.79 Å². The van der Waals surface area contributed by atoms with E-state index in [0.717, 1.165) is 21.7 Å². The Hall–Kier alpha value is -2.00. The third-order valence-electron chi connectivity index (χ3n) is 3.15. The molecular formula is C16H13NOS. The van der Waals surface area contributed by atoms with E-state index in [4.69, 9.17) is 0 Å². The van der Waals surface area contributed by atoms with Gasteiger partial charge in [-0.15, -0.1) is 0 Å². The Balaban J connectivity index is 1.95. The quantitative estimate of drug-likeness (QED) is 0.609. The average molecular weight is 267 g/mol. The van der Waals surface area contributed by atoms with Crippen molar-refractivity contribution in [2.24, 2.45) is 0 Å². The summed E-state index contributed by atoms with van der Waals surface area (Å²) in [6.45, 7) is 0. The van der Waals surface area contributed by atoms with E-state index >= 15 is 0 Å². The van der Waals surface area contributed by atoms with Gasteiger partial charge in [-0.1, -0.05) is 48.2 Å². The van der Waals surface area contributed by atoms with Crippen molar-refractivity contribution in [1.29, 1.82) is 0 Å². The molecule has 0 aromatic heterocycles. The van der Waals surface area contributed by atoms with Crippen LogP contribution in [0.5, 0.6) is 0 Å². The molecule has 19 heavy (non-hydrogen) atoms. The molecule has 2 aromatic rings. The number of benzene rings is 2. The Kier molecular flexibility index (Phi) is 3.13. The fourth-order valence-electron chi connectivity index (χ4n) is 2.14. The lowest BCUT2D eigenvalue weighted by atomic mass is 10.1. The molecule has 0 bridgehead atoms. The third kappa shape index (κ3) is 2.17. The molecular weight excluding hydrogens is 254 g/mol. The zero-order valence-electron chi connectivity index (χ0n) is 10.5. The van der Waals surface area contributed by atoms with Crippen molar-refractivity contribution in [1.82, 2.24) is 0 Å². The minimum absolute atomic E-state index is 0.0598. The highest BCUT2D eigenvalue weighted by molar-refractivity contribution is 8.02. The largest absolute Gasteiger partial charge is 0.311 e. The van der Waals surface area contributed by atoms with E-state index < -0.39 is 0 Å². The van der Waals surface area contributed by atoms with Crippen molar-refractivity contribution in [2.45, 2.75) is 4.90 Å². The molecule has 2 aromatic carbocycles. The number of carbonyl (C=O) groups excluding carboxylic acids is 1. The Morgan fingerprint density at radius 3 is 2.47 bits per heavy atom. The van der Waals surface area contributed by atoms with E-state index in [1.807, 2.05) is 67.1 Å². The molecule has 2 nitrogen and oxygen atoms in total. The normalized spacial score (nSPS) is 15.9. The highest BCUT2D eigenvalue weighted by Gasteiger charge is 2.28. The molecule has 0 atom stereocenters. The molecule has 1 amide bonds. The minimum atomic E-state index is 0.0598. The molecule has 0 radical (unpaired) electrons. The standard InChI is InChI=1S/C16H13NOS/c1-17-15-10-6-5-9-13(15)14(16(17)18)11-19-12-7-3-2-4-8-12/h2-11H,1H3/b14-11-. The van der Waals surface area contributed by atoms with Crippen LogP contribution in [0.1, 0.15) is 5.56 Å². The first-order chi connectivity index (χ1) is 9.27. The van der Waals surface area contributed by atoms with Crippen molar-refractivity contribution in [3.8, 4) is 0 Å². The highest BCUT2D eigenvalue weighted by Crippen LogP contribution is 2.37. The molecule has 1 aliphatic rings. The summed E-state index contributed by atoms with van der Waals surface area (Å²) in [7, 11) is 1.81. The van der Waals surface area contributed by atoms with Gasteiger partial charge < -0.3 is 4.90 Å². The summed E-state index contributed by atoms with van der Waals surface area (Å²) in [4.78, 5) is 15.1. The maximum atomic E-state index is 12.2. The second-order valence-corrected chi connectivity index (χ2v) is 5.29. The van der Waals surface area contributed by atoms with E-state index in [0.29, 0.717) is 0 Å². The number of thioether (sulfide) groups is 1. The summed E-state index contributed by atoms with van der Waals surface area (Å²) in [5.41, 5.74) is 2.76. The number of anilines is 1. The van der Waals surface area contributed by atoms with Crippen LogP contribution in [0.15, 0.2) is 64.9 Å². The summed E-state index contributed by atoms with van der Waals surface area (Å²) < 4.78 is 0. The van der Waals surface area contributed by atoms with Crippen molar-refractivity contribution in [3.05, 3.63) is 65.6 Å². The van der Waals surface area contributed by atoms with E-state index in [9.17, 15) is 4.79 Å². The van der Waals surface area contributed by atoms with Crippen molar-refractivity contribution in [3.63, 3.8) is 0 Å². The van der Waals surface area contributed by atoms with Crippen LogP contribution in [0.25, 0.3) is 5.57 Å². The summed E-state index contributed by atoms with van der Waals surface area (Å²) in [5, 5.41) is 1.94.